The van der Waals surface area contributed by atoms with Crippen LogP contribution < -0.4 is 0 Å². The molecule has 2 heterocycles. The van der Waals surface area contributed by atoms with Gasteiger partial charge < -0.3 is 4.90 Å². The van der Waals surface area contributed by atoms with Gasteiger partial charge >= 0.3 is 0 Å². The molecular formula is C22H18FN3O. The van der Waals surface area contributed by atoms with Crippen molar-refractivity contribution in [1.82, 2.24) is 15.1 Å². The van der Waals surface area contributed by atoms with Crippen molar-refractivity contribution in [3.05, 3.63) is 94.6 Å². The third kappa shape index (κ3) is 2.58. The molecule has 1 fully saturated rings. The van der Waals surface area contributed by atoms with E-state index in [0.29, 0.717) is 12.1 Å². The van der Waals surface area contributed by atoms with E-state index in [1.54, 1.807) is 4.90 Å². The number of aromatic nitrogens is 2. The van der Waals surface area contributed by atoms with E-state index in [9.17, 15) is 9.18 Å². The summed E-state index contributed by atoms with van der Waals surface area (Å²) >= 11 is 0. The minimum atomic E-state index is -0.436. The second kappa shape index (κ2) is 5.91. The number of aromatic amines is 1. The van der Waals surface area contributed by atoms with E-state index in [4.69, 9.17) is 0 Å². The van der Waals surface area contributed by atoms with Gasteiger partial charge in [0.1, 0.15) is 5.82 Å². The average Bonchev–Trinajstić information content (AvgIpc) is 3.48. The summed E-state index contributed by atoms with van der Waals surface area (Å²) < 4.78 is 13.5. The second-order valence-electron chi connectivity index (χ2n) is 7.11. The molecule has 2 aromatic carbocycles. The van der Waals surface area contributed by atoms with Crippen LogP contribution >= 0.6 is 0 Å². The van der Waals surface area contributed by atoms with Gasteiger partial charge in [0, 0.05) is 36.2 Å². The normalized spacial score (nSPS) is 20.4. The first kappa shape index (κ1) is 16.0. The van der Waals surface area contributed by atoms with Gasteiger partial charge in [-0.15, -0.1) is 0 Å². The van der Waals surface area contributed by atoms with E-state index in [1.165, 1.54) is 12.1 Å². The zero-order valence-corrected chi connectivity index (χ0v) is 14.7. The summed E-state index contributed by atoms with van der Waals surface area (Å²) in [7, 11) is 0. The van der Waals surface area contributed by atoms with Crippen molar-refractivity contribution < 1.29 is 9.18 Å². The Morgan fingerprint density at radius 1 is 1.04 bits per heavy atom. The van der Waals surface area contributed by atoms with Gasteiger partial charge in [0.15, 0.2) is 5.69 Å². The van der Waals surface area contributed by atoms with Gasteiger partial charge in [-0.1, -0.05) is 54.6 Å². The Labute approximate surface area is 156 Å². The van der Waals surface area contributed by atoms with E-state index in [1.807, 2.05) is 36.4 Å². The zero-order valence-electron chi connectivity index (χ0n) is 14.7. The van der Waals surface area contributed by atoms with Crippen LogP contribution in [0.1, 0.15) is 32.9 Å². The molecule has 0 bridgehead atoms. The quantitative estimate of drug-likeness (QED) is 0.727. The first-order valence-corrected chi connectivity index (χ1v) is 9.05. The molecule has 1 aliphatic carbocycles. The molecule has 1 unspecified atom stereocenters. The molecule has 4 nitrogen and oxygen atoms in total. The van der Waals surface area contributed by atoms with Gasteiger partial charge in [0.05, 0.1) is 0 Å². The first-order valence-electron chi connectivity index (χ1n) is 9.05. The fourth-order valence-electron chi connectivity index (χ4n) is 3.88. The Hall–Kier alpha value is -3.21. The van der Waals surface area contributed by atoms with E-state index in [2.05, 4.69) is 28.4 Å². The van der Waals surface area contributed by atoms with Crippen LogP contribution in [0.25, 0.3) is 6.08 Å². The molecule has 1 aromatic heterocycles. The lowest BCUT2D eigenvalue weighted by atomic mass is 9.68. The predicted molar refractivity (Wildman–Crippen MR) is 101 cm³/mol. The van der Waals surface area contributed by atoms with Crippen molar-refractivity contribution in [3.8, 4) is 0 Å². The molecular weight excluding hydrogens is 341 g/mol. The molecule has 0 saturated carbocycles. The van der Waals surface area contributed by atoms with Gasteiger partial charge in [-0.25, -0.2) is 4.39 Å². The van der Waals surface area contributed by atoms with Crippen LogP contribution in [-0.2, 0) is 11.8 Å². The summed E-state index contributed by atoms with van der Waals surface area (Å²) in [6.45, 7) is 1.60. The van der Waals surface area contributed by atoms with Gasteiger partial charge in [0.25, 0.3) is 5.91 Å². The molecule has 0 radical (unpaired) electrons. The first-order chi connectivity index (χ1) is 13.2. The number of nitrogens with one attached hydrogen (secondary N) is 1. The highest BCUT2D eigenvalue weighted by atomic mass is 19.1. The Morgan fingerprint density at radius 3 is 2.44 bits per heavy atom. The standard InChI is InChI=1S/C22H18FN3O/c23-17-8-6-16(7-9-17)22(15-4-2-1-3-5-15)11-10-18-19(14-22)24-25-20(18)21(27)26-12-13-26/h1-11H,12-14H2,(H,24,25). The number of hydrogen-bond donors (Lipinski definition) is 1. The van der Waals surface area contributed by atoms with Crippen molar-refractivity contribution in [2.75, 3.05) is 13.1 Å². The number of amides is 1. The Bertz CT molecular complexity index is 1040. The smallest absolute Gasteiger partial charge is 0.275 e. The molecule has 27 heavy (non-hydrogen) atoms. The molecule has 1 N–H and O–H groups in total. The van der Waals surface area contributed by atoms with Crippen LogP contribution in [0, 0.1) is 5.82 Å². The van der Waals surface area contributed by atoms with Crippen molar-refractivity contribution in [1.29, 1.82) is 0 Å². The zero-order chi connectivity index (χ0) is 18.4. The van der Waals surface area contributed by atoms with Crippen LogP contribution in [0.5, 0.6) is 0 Å². The Morgan fingerprint density at radius 2 is 1.74 bits per heavy atom. The highest BCUT2D eigenvalue weighted by molar-refractivity contribution is 5.97. The average molecular weight is 359 g/mol. The number of fused-ring (bicyclic) bond motifs is 1. The summed E-state index contributed by atoms with van der Waals surface area (Å²) in [5.74, 6) is -0.276. The topological polar surface area (TPSA) is 48.8 Å². The van der Waals surface area contributed by atoms with Crippen molar-refractivity contribution in [2.45, 2.75) is 11.8 Å². The van der Waals surface area contributed by atoms with E-state index in [0.717, 1.165) is 35.5 Å². The lowest BCUT2D eigenvalue weighted by Crippen LogP contribution is -2.30. The van der Waals surface area contributed by atoms with Crippen LogP contribution in [0.15, 0.2) is 60.7 Å². The minimum Gasteiger partial charge on any atom is -0.334 e. The van der Waals surface area contributed by atoms with Gasteiger partial charge in [0.2, 0.25) is 0 Å². The lowest BCUT2D eigenvalue weighted by molar-refractivity contribution is 0.0880. The second-order valence-corrected chi connectivity index (χ2v) is 7.11. The Balaban J connectivity index is 1.63. The molecule has 0 spiro atoms. The largest absolute Gasteiger partial charge is 0.334 e. The summed E-state index contributed by atoms with van der Waals surface area (Å²) in [6, 6.07) is 16.8. The summed E-state index contributed by atoms with van der Waals surface area (Å²) in [6.07, 6.45) is 4.73. The van der Waals surface area contributed by atoms with Crippen molar-refractivity contribution in [3.63, 3.8) is 0 Å². The van der Waals surface area contributed by atoms with Crippen LogP contribution in [0.4, 0.5) is 4.39 Å². The number of carbonyl (C=O) groups is 1. The third-order valence-corrected chi connectivity index (χ3v) is 5.46. The molecule has 1 atom stereocenters. The summed E-state index contributed by atoms with van der Waals surface area (Å²) in [4.78, 5) is 14.2. The molecule has 5 heteroatoms. The maximum atomic E-state index is 13.5. The summed E-state index contributed by atoms with van der Waals surface area (Å²) in [5.41, 5.74) is 3.96. The molecule has 1 aliphatic heterocycles. The monoisotopic (exact) mass is 359 g/mol. The summed E-state index contributed by atoms with van der Waals surface area (Å²) in [5, 5.41) is 7.37. The van der Waals surface area contributed by atoms with E-state index >= 15 is 0 Å². The van der Waals surface area contributed by atoms with Crippen molar-refractivity contribution in [2.24, 2.45) is 0 Å². The maximum Gasteiger partial charge on any atom is 0.275 e. The Kier molecular flexibility index (Phi) is 3.50. The van der Waals surface area contributed by atoms with E-state index in [-0.39, 0.29) is 11.7 Å². The molecule has 1 saturated heterocycles. The number of H-pyrrole nitrogens is 1. The highest BCUT2D eigenvalue weighted by Gasteiger charge is 2.38. The third-order valence-electron chi connectivity index (χ3n) is 5.46. The molecule has 3 aromatic rings. The number of allylic oxidation sites excluding steroid dienone is 1. The van der Waals surface area contributed by atoms with Crippen LogP contribution in [-0.4, -0.2) is 34.1 Å². The number of carbonyl (C=O) groups excluding carboxylic acids is 1. The number of halogens is 1. The predicted octanol–water partition coefficient (Wildman–Crippen LogP) is 3.56. The van der Waals surface area contributed by atoms with Crippen LogP contribution in [0.2, 0.25) is 0 Å². The van der Waals surface area contributed by atoms with Gasteiger partial charge in [-0.2, -0.15) is 5.10 Å². The number of hydrogen-bond acceptors (Lipinski definition) is 2. The number of benzene rings is 2. The lowest BCUT2D eigenvalue weighted by Gasteiger charge is -2.34. The number of rotatable bonds is 3. The molecule has 134 valence electrons. The SMILES string of the molecule is O=C(c1n[nH]c2c1C=CC(c1ccccc1)(c1ccc(F)cc1)C2)N1CC1. The fraction of sp³-hybridized carbons (Fsp3) is 0.182. The fourth-order valence-corrected chi connectivity index (χ4v) is 3.88. The minimum absolute atomic E-state index is 0.0221. The highest BCUT2D eigenvalue weighted by Crippen LogP contribution is 2.41. The molecule has 1 amide bonds. The molecule has 5 rings (SSSR count). The van der Waals surface area contributed by atoms with Crippen LogP contribution in [0.3, 0.4) is 0 Å². The number of nitrogens with zero attached hydrogens (tertiary/aromatic N) is 2. The van der Waals surface area contributed by atoms with Crippen molar-refractivity contribution >= 4 is 12.0 Å². The van der Waals surface area contributed by atoms with E-state index < -0.39 is 5.41 Å². The maximum absolute atomic E-state index is 13.5. The van der Waals surface area contributed by atoms with Gasteiger partial charge in [-0.3, -0.25) is 9.89 Å². The van der Waals surface area contributed by atoms with Gasteiger partial charge in [-0.05, 0) is 23.3 Å². The molecule has 2 aliphatic rings.